The molecular weight excluding hydrogens is 467 g/mol. The van der Waals surface area contributed by atoms with E-state index in [1.165, 1.54) is 12.0 Å². The smallest absolute Gasteiger partial charge is 0.191 e. The van der Waals surface area contributed by atoms with Crippen LogP contribution in [0, 0.1) is 6.92 Å². The van der Waals surface area contributed by atoms with E-state index in [0.29, 0.717) is 13.1 Å². The summed E-state index contributed by atoms with van der Waals surface area (Å²) in [4.78, 5) is 4.69. The number of hydrogen-bond acceptors (Lipinski definition) is 4. The first-order chi connectivity index (χ1) is 13.2. The summed E-state index contributed by atoms with van der Waals surface area (Å²) < 4.78 is 7.59. The molecule has 1 aromatic carbocycles. The van der Waals surface area contributed by atoms with E-state index in [1.54, 1.807) is 0 Å². The number of aliphatic imine (C=N–C) groups is 1. The van der Waals surface area contributed by atoms with Gasteiger partial charge in [0.1, 0.15) is 5.82 Å². The Morgan fingerprint density at radius 1 is 1.11 bits per heavy atom. The van der Waals surface area contributed by atoms with Gasteiger partial charge in [0.25, 0.3) is 0 Å². The fourth-order valence-electron chi connectivity index (χ4n) is 2.43. The second-order valence-electron chi connectivity index (χ2n) is 6.47. The standard InChI is InChI=1S/C20H32N6O.HI/c1-4-5-13-27-14-9-12-21-20(22-15-18-10-7-6-8-11-18)23-16-19-25-24-17(2)26(19)3;/h6-8,10-11H,4-5,9,12-16H2,1-3H3,(H2,21,22,23);1H. The molecule has 1 heterocycles. The Balaban J connectivity index is 0.00000392. The van der Waals surface area contributed by atoms with Gasteiger partial charge in [-0.1, -0.05) is 43.7 Å². The van der Waals surface area contributed by atoms with Crippen LogP contribution in [-0.2, 0) is 24.9 Å². The SMILES string of the molecule is CCCCOCCCNC(=NCc1ccccc1)NCc1nnc(C)n1C.I. The van der Waals surface area contributed by atoms with Crippen molar-refractivity contribution in [2.45, 2.75) is 46.2 Å². The van der Waals surface area contributed by atoms with Gasteiger partial charge in [-0.2, -0.15) is 0 Å². The third-order valence-corrected chi connectivity index (χ3v) is 4.26. The lowest BCUT2D eigenvalue weighted by atomic mass is 10.2. The minimum absolute atomic E-state index is 0. The lowest BCUT2D eigenvalue weighted by Gasteiger charge is -2.13. The van der Waals surface area contributed by atoms with Crippen molar-refractivity contribution in [2.75, 3.05) is 19.8 Å². The first-order valence-corrected chi connectivity index (χ1v) is 9.69. The van der Waals surface area contributed by atoms with E-state index >= 15 is 0 Å². The van der Waals surface area contributed by atoms with Gasteiger partial charge in [0.2, 0.25) is 0 Å². The Morgan fingerprint density at radius 2 is 1.86 bits per heavy atom. The Morgan fingerprint density at radius 3 is 2.54 bits per heavy atom. The van der Waals surface area contributed by atoms with Gasteiger partial charge in [-0.05, 0) is 25.3 Å². The Hall–Kier alpha value is -1.68. The molecule has 156 valence electrons. The molecule has 0 aliphatic carbocycles. The molecule has 28 heavy (non-hydrogen) atoms. The van der Waals surface area contributed by atoms with Gasteiger partial charge < -0.3 is 19.9 Å². The van der Waals surface area contributed by atoms with Crippen LogP contribution >= 0.6 is 24.0 Å². The molecule has 0 aliphatic heterocycles. The minimum atomic E-state index is 0. The second-order valence-corrected chi connectivity index (χ2v) is 6.47. The van der Waals surface area contributed by atoms with E-state index in [0.717, 1.165) is 50.2 Å². The molecule has 2 N–H and O–H groups in total. The van der Waals surface area contributed by atoms with Crippen LogP contribution < -0.4 is 10.6 Å². The average molecular weight is 500 g/mol. The van der Waals surface area contributed by atoms with Crippen LogP contribution in [0.3, 0.4) is 0 Å². The van der Waals surface area contributed by atoms with Crippen molar-refractivity contribution in [1.29, 1.82) is 0 Å². The zero-order chi connectivity index (χ0) is 19.3. The number of aromatic nitrogens is 3. The van der Waals surface area contributed by atoms with Crippen molar-refractivity contribution in [1.82, 2.24) is 25.4 Å². The molecule has 2 rings (SSSR count). The highest BCUT2D eigenvalue weighted by atomic mass is 127. The van der Waals surface area contributed by atoms with Crippen molar-refractivity contribution >= 4 is 29.9 Å². The molecule has 0 radical (unpaired) electrons. The summed E-state index contributed by atoms with van der Waals surface area (Å²) in [6.45, 7) is 7.73. The highest BCUT2D eigenvalue weighted by Crippen LogP contribution is 2.01. The quantitative estimate of drug-likeness (QED) is 0.215. The third kappa shape index (κ3) is 9.01. The zero-order valence-corrected chi connectivity index (χ0v) is 19.5. The highest BCUT2D eigenvalue weighted by Gasteiger charge is 2.06. The van der Waals surface area contributed by atoms with Crippen LogP contribution in [0.2, 0.25) is 0 Å². The summed E-state index contributed by atoms with van der Waals surface area (Å²) in [5.74, 6) is 2.55. The molecule has 0 saturated carbocycles. The van der Waals surface area contributed by atoms with Gasteiger partial charge >= 0.3 is 0 Å². The number of aryl methyl sites for hydroxylation is 1. The minimum Gasteiger partial charge on any atom is -0.381 e. The summed E-state index contributed by atoms with van der Waals surface area (Å²) in [7, 11) is 1.97. The van der Waals surface area contributed by atoms with Crippen LogP contribution in [0.4, 0.5) is 0 Å². The maximum absolute atomic E-state index is 5.61. The van der Waals surface area contributed by atoms with Gasteiger partial charge in [0, 0.05) is 26.8 Å². The maximum Gasteiger partial charge on any atom is 0.191 e. The van der Waals surface area contributed by atoms with Crippen molar-refractivity contribution in [3.8, 4) is 0 Å². The van der Waals surface area contributed by atoms with Crippen LogP contribution in [-0.4, -0.2) is 40.5 Å². The molecule has 0 saturated heterocycles. The molecule has 0 atom stereocenters. The van der Waals surface area contributed by atoms with Gasteiger partial charge in [-0.3, -0.25) is 0 Å². The maximum atomic E-state index is 5.61. The third-order valence-electron chi connectivity index (χ3n) is 4.26. The summed E-state index contributed by atoms with van der Waals surface area (Å²) >= 11 is 0. The van der Waals surface area contributed by atoms with Gasteiger partial charge in [-0.15, -0.1) is 34.2 Å². The fraction of sp³-hybridized carbons (Fsp3) is 0.550. The first-order valence-electron chi connectivity index (χ1n) is 9.69. The zero-order valence-electron chi connectivity index (χ0n) is 17.1. The number of ether oxygens (including phenoxy) is 1. The molecule has 7 nitrogen and oxygen atoms in total. The Bertz CT molecular complexity index is 689. The average Bonchev–Trinajstić information content (AvgIpc) is 3.01. The second kappa shape index (κ2) is 14.3. The molecular formula is C20H33IN6O. The van der Waals surface area contributed by atoms with E-state index in [1.807, 2.05) is 36.7 Å². The molecule has 8 heteroatoms. The van der Waals surface area contributed by atoms with Gasteiger partial charge in [0.05, 0.1) is 13.1 Å². The lowest BCUT2D eigenvalue weighted by Crippen LogP contribution is -2.38. The molecule has 0 fully saturated rings. The monoisotopic (exact) mass is 500 g/mol. The van der Waals surface area contributed by atoms with Crippen LogP contribution in [0.1, 0.15) is 43.4 Å². The predicted octanol–water partition coefficient (Wildman–Crippen LogP) is 3.18. The number of hydrogen-bond donors (Lipinski definition) is 2. The molecule has 0 unspecified atom stereocenters. The largest absolute Gasteiger partial charge is 0.381 e. The first kappa shape index (κ1) is 24.4. The number of unbranched alkanes of at least 4 members (excludes halogenated alkanes) is 1. The normalized spacial score (nSPS) is 11.2. The van der Waals surface area contributed by atoms with E-state index in [9.17, 15) is 0 Å². The van der Waals surface area contributed by atoms with Crippen molar-refractivity contribution in [3.63, 3.8) is 0 Å². The van der Waals surface area contributed by atoms with E-state index in [-0.39, 0.29) is 24.0 Å². The summed E-state index contributed by atoms with van der Waals surface area (Å²) in [6, 6.07) is 10.2. The molecule has 0 bridgehead atoms. The van der Waals surface area contributed by atoms with Crippen molar-refractivity contribution < 1.29 is 4.74 Å². The Kier molecular flexibility index (Phi) is 12.5. The van der Waals surface area contributed by atoms with Gasteiger partial charge in [-0.25, -0.2) is 4.99 Å². The van der Waals surface area contributed by atoms with E-state index in [4.69, 9.17) is 4.74 Å². The molecule has 1 aromatic heterocycles. The topological polar surface area (TPSA) is 76.4 Å². The fourth-order valence-corrected chi connectivity index (χ4v) is 2.43. The molecule has 0 spiro atoms. The molecule has 2 aromatic rings. The number of rotatable bonds is 11. The van der Waals surface area contributed by atoms with Crippen LogP contribution in [0.15, 0.2) is 35.3 Å². The van der Waals surface area contributed by atoms with E-state index in [2.05, 4.69) is 44.9 Å². The number of halogens is 1. The number of benzene rings is 1. The predicted molar refractivity (Wildman–Crippen MR) is 124 cm³/mol. The molecule has 0 aliphatic rings. The Labute approximate surface area is 185 Å². The van der Waals surface area contributed by atoms with Crippen molar-refractivity contribution in [3.05, 3.63) is 47.5 Å². The highest BCUT2D eigenvalue weighted by molar-refractivity contribution is 14.0. The van der Waals surface area contributed by atoms with Crippen molar-refractivity contribution in [2.24, 2.45) is 12.0 Å². The summed E-state index contributed by atoms with van der Waals surface area (Å²) in [5.41, 5.74) is 1.18. The lowest BCUT2D eigenvalue weighted by molar-refractivity contribution is 0.129. The summed E-state index contributed by atoms with van der Waals surface area (Å²) in [6.07, 6.45) is 3.23. The number of guanidine groups is 1. The van der Waals surface area contributed by atoms with Gasteiger partial charge in [0.15, 0.2) is 11.8 Å². The van der Waals surface area contributed by atoms with Crippen LogP contribution in [0.25, 0.3) is 0 Å². The number of nitrogens with zero attached hydrogens (tertiary/aromatic N) is 4. The number of nitrogens with one attached hydrogen (secondary N) is 2. The summed E-state index contributed by atoms with van der Waals surface area (Å²) in [5, 5.41) is 15.0. The van der Waals surface area contributed by atoms with Crippen LogP contribution in [0.5, 0.6) is 0 Å². The van der Waals surface area contributed by atoms with E-state index < -0.39 is 0 Å². The molecule has 0 amide bonds.